The highest BCUT2D eigenvalue weighted by Crippen LogP contribution is 2.32. The topological polar surface area (TPSA) is 65.1 Å². The van der Waals surface area contributed by atoms with E-state index in [1.54, 1.807) is 7.05 Å². The number of benzene rings is 1. The van der Waals surface area contributed by atoms with Crippen molar-refractivity contribution in [1.82, 2.24) is 18.7 Å². The summed E-state index contributed by atoms with van der Waals surface area (Å²) in [4.78, 5) is 32.8. The molecule has 1 aliphatic rings. The Balaban J connectivity index is 2.01. The van der Waals surface area contributed by atoms with Crippen molar-refractivity contribution >= 4 is 22.8 Å². The third kappa shape index (κ3) is 2.78. The van der Waals surface area contributed by atoms with E-state index in [1.165, 1.54) is 9.13 Å². The first-order valence-corrected chi connectivity index (χ1v) is 9.41. The normalized spacial score (nSPS) is 16.9. The quantitative estimate of drug-likeness (QED) is 0.713. The van der Waals surface area contributed by atoms with E-state index in [4.69, 9.17) is 4.98 Å². The number of hydrogen-bond donors (Lipinski definition) is 0. The molecule has 3 heterocycles. The Bertz CT molecular complexity index is 1110. The number of aromatic nitrogens is 4. The van der Waals surface area contributed by atoms with Gasteiger partial charge in [0, 0.05) is 32.4 Å². The summed E-state index contributed by atoms with van der Waals surface area (Å²) in [5.41, 5.74) is 1.45. The van der Waals surface area contributed by atoms with Gasteiger partial charge in [-0.3, -0.25) is 13.9 Å². The molecule has 0 fully saturated rings. The van der Waals surface area contributed by atoms with Gasteiger partial charge < -0.3 is 9.47 Å². The average Bonchev–Trinajstić information content (AvgIpc) is 3.03. The lowest BCUT2D eigenvalue weighted by Crippen LogP contribution is -2.41. The van der Waals surface area contributed by atoms with Gasteiger partial charge in [-0.2, -0.15) is 4.98 Å². The Morgan fingerprint density at radius 1 is 1.15 bits per heavy atom. The van der Waals surface area contributed by atoms with Crippen LogP contribution in [0.2, 0.25) is 0 Å². The van der Waals surface area contributed by atoms with Crippen LogP contribution in [0.5, 0.6) is 0 Å². The molecule has 1 atom stereocenters. The molecule has 7 heteroatoms. The molecule has 0 unspecified atom stereocenters. The van der Waals surface area contributed by atoms with Gasteiger partial charge in [-0.25, -0.2) is 4.79 Å². The maximum Gasteiger partial charge on any atom is 0.332 e. The van der Waals surface area contributed by atoms with Crippen LogP contribution < -0.4 is 16.1 Å². The Labute approximate surface area is 157 Å². The van der Waals surface area contributed by atoms with Crippen molar-refractivity contribution in [3.63, 3.8) is 0 Å². The van der Waals surface area contributed by atoms with Crippen molar-refractivity contribution in [2.75, 3.05) is 11.4 Å². The first-order valence-electron chi connectivity index (χ1n) is 9.41. The highest BCUT2D eigenvalue weighted by Gasteiger charge is 2.29. The summed E-state index contributed by atoms with van der Waals surface area (Å²) in [5.74, 6) is 1.28. The molecule has 0 N–H and O–H groups in total. The minimum absolute atomic E-state index is 0.205. The summed E-state index contributed by atoms with van der Waals surface area (Å²) in [6, 6.07) is 10.0. The van der Waals surface area contributed by atoms with E-state index in [0.29, 0.717) is 30.2 Å². The Morgan fingerprint density at radius 3 is 2.52 bits per heavy atom. The third-order valence-electron chi connectivity index (χ3n) is 5.06. The zero-order valence-electron chi connectivity index (χ0n) is 16.2. The molecule has 0 saturated carbocycles. The summed E-state index contributed by atoms with van der Waals surface area (Å²) in [6.07, 6.45) is 0. The summed E-state index contributed by atoms with van der Waals surface area (Å²) in [7, 11) is 1.69. The van der Waals surface area contributed by atoms with Gasteiger partial charge in [0.25, 0.3) is 5.56 Å². The Morgan fingerprint density at radius 2 is 1.85 bits per heavy atom. The third-order valence-corrected chi connectivity index (χ3v) is 5.06. The predicted molar refractivity (Wildman–Crippen MR) is 107 cm³/mol. The van der Waals surface area contributed by atoms with E-state index < -0.39 is 0 Å². The molecule has 3 aromatic rings. The van der Waals surface area contributed by atoms with Gasteiger partial charge in [-0.05, 0) is 24.0 Å². The monoisotopic (exact) mass is 367 g/mol. The van der Waals surface area contributed by atoms with Crippen molar-refractivity contribution in [2.45, 2.75) is 33.9 Å². The molecular formula is C20H25N5O2. The lowest BCUT2D eigenvalue weighted by atomic mass is 10.1. The number of nitrogens with zero attached hydrogens (tertiary/aromatic N) is 5. The number of fused-ring (bicyclic) bond motifs is 3. The Kier molecular flexibility index (Phi) is 4.17. The van der Waals surface area contributed by atoms with Gasteiger partial charge >= 0.3 is 5.69 Å². The van der Waals surface area contributed by atoms with Crippen LogP contribution >= 0.6 is 0 Å². The molecule has 7 nitrogen and oxygen atoms in total. The lowest BCUT2D eigenvalue weighted by molar-refractivity contribution is 0.454. The van der Waals surface area contributed by atoms with E-state index in [9.17, 15) is 9.59 Å². The first kappa shape index (κ1) is 17.6. The molecule has 4 rings (SSSR count). The summed E-state index contributed by atoms with van der Waals surface area (Å²) in [6.45, 7) is 8.10. The van der Waals surface area contributed by atoms with Crippen molar-refractivity contribution in [2.24, 2.45) is 18.9 Å². The molecule has 1 aliphatic heterocycles. The maximum absolute atomic E-state index is 13.2. The number of rotatable bonds is 3. The zero-order chi connectivity index (χ0) is 19.3. The molecule has 27 heavy (non-hydrogen) atoms. The molecule has 2 aromatic heterocycles. The number of imidazole rings is 1. The van der Waals surface area contributed by atoms with Gasteiger partial charge in [0.15, 0.2) is 11.2 Å². The van der Waals surface area contributed by atoms with Crippen LogP contribution in [-0.4, -0.2) is 25.2 Å². The van der Waals surface area contributed by atoms with E-state index >= 15 is 0 Å². The number of anilines is 2. The molecule has 0 bridgehead atoms. The molecule has 0 spiro atoms. The average molecular weight is 367 g/mol. The van der Waals surface area contributed by atoms with Crippen molar-refractivity contribution < 1.29 is 0 Å². The molecule has 142 valence electrons. The maximum atomic E-state index is 13.2. The van der Waals surface area contributed by atoms with Crippen LogP contribution in [0.15, 0.2) is 39.9 Å². The fraction of sp³-hybridized carbons (Fsp3) is 0.450. The summed E-state index contributed by atoms with van der Waals surface area (Å²) in [5, 5.41) is 0. The fourth-order valence-corrected chi connectivity index (χ4v) is 3.86. The zero-order valence-corrected chi connectivity index (χ0v) is 16.2. The van der Waals surface area contributed by atoms with Crippen LogP contribution in [0.1, 0.15) is 20.8 Å². The van der Waals surface area contributed by atoms with E-state index in [2.05, 4.69) is 11.8 Å². The summed E-state index contributed by atoms with van der Waals surface area (Å²) < 4.78 is 4.82. The second-order valence-electron chi connectivity index (χ2n) is 7.90. The highest BCUT2D eigenvalue weighted by molar-refractivity contribution is 5.77. The first-order chi connectivity index (χ1) is 12.9. The van der Waals surface area contributed by atoms with Crippen LogP contribution in [0, 0.1) is 11.8 Å². The van der Waals surface area contributed by atoms with Crippen LogP contribution in [0.4, 0.5) is 11.6 Å². The molecular weight excluding hydrogens is 342 g/mol. The minimum Gasteiger partial charge on any atom is -0.312 e. The molecule has 0 saturated heterocycles. The van der Waals surface area contributed by atoms with Crippen molar-refractivity contribution in [3.8, 4) is 0 Å². The minimum atomic E-state index is -0.309. The van der Waals surface area contributed by atoms with E-state index in [-0.39, 0.29) is 17.2 Å². The molecule has 0 aliphatic carbocycles. The standard InChI is InChI=1S/C20H25N5O2/c1-13(2)10-25-18(26)16-17(22(4)20(25)27)21-19-23(11-14(3)12-24(16)19)15-8-6-5-7-9-15/h5-9,13-14H,10-12H2,1-4H3/t14-/m1/s1. The number of para-hydroxylation sites is 1. The van der Waals surface area contributed by atoms with E-state index in [0.717, 1.165) is 18.2 Å². The smallest absolute Gasteiger partial charge is 0.312 e. The van der Waals surface area contributed by atoms with Gasteiger partial charge in [-0.15, -0.1) is 0 Å². The lowest BCUT2D eigenvalue weighted by Gasteiger charge is -2.32. The SMILES string of the molecule is CC(C)Cn1c(=O)c2c(nc3n2C[C@H](C)CN3c2ccccc2)n(C)c1=O. The second-order valence-corrected chi connectivity index (χ2v) is 7.90. The van der Waals surface area contributed by atoms with Crippen molar-refractivity contribution in [1.29, 1.82) is 0 Å². The van der Waals surface area contributed by atoms with Crippen LogP contribution in [0.25, 0.3) is 11.2 Å². The van der Waals surface area contributed by atoms with Gasteiger partial charge in [-0.1, -0.05) is 39.0 Å². The van der Waals surface area contributed by atoms with Gasteiger partial charge in [0.1, 0.15) is 0 Å². The second kappa shape index (κ2) is 6.40. The number of hydrogen-bond acceptors (Lipinski definition) is 4. The predicted octanol–water partition coefficient (Wildman–Crippen LogP) is 2.34. The Hall–Kier alpha value is -2.83. The summed E-state index contributed by atoms with van der Waals surface area (Å²) >= 11 is 0. The van der Waals surface area contributed by atoms with Gasteiger partial charge in [0.05, 0.1) is 0 Å². The molecule has 0 radical (unpaired) electrons. The number of aryl methyl sites for hydroxylation is 1. The van der Waals surface area contributed by atoms with Gasteiger partial charge in [0.2, 0.25) is 5.95 Å². The molecule has 0 amide bonds. The van der Waals surface area contributed by atoms with Crippen LogP contribution in [-0.2, 0) is 20.1 Å². The highest BCUT2D eigenvalue weighted by atomic mass is 16.2. The largest absolute Gasteiger partial charge is 0.332 e. The molecule has 1 aromatic carbocycles. The fourth-order valence-electron chi connectivity index (χ4n) is 3.86. The van der Waals surface area contributed by atoms with E-state index in [1.807, 2.05) is 48.7 Å². The van der Waals surface area contributed by atoms with Crippen LogP contribution in [0.3, 0.4) is 0 Å². The van der Waals surface area contributed by atoms with Crippen molar-refractivity contribution in [3.05, 3.63) is 51.2 Å².